The number of likely N-dealkylation sites (tertiary alicyclic amines) is 1. The van der Waals surface area contributed by atoms with Gasteiger partial charge in [-0.05, 0) is 45.0 Å². The van der Waals surface area contributed by atoms with E-state index in [-0.39, 0.29) is 23.8 Å². The molecule has 0 radical (unpaired) electrons. The molecule has 1 aromatic rings. The number of hydrogen-bond acceptors (Lipinski definition) is 4. The zero-order valence-electron chi connectivity index (χ0n) is 13.5. The number of carbonyl (C=O) groups is 2. The SMILES string of the molecule is CC(NC(=O)CN1CCC(C(=O)N(C)C)CC1)c1ccco1. The van der Waals surface area contributed by atoms with Crippen LogP contribution in [0.2, 0.25) is 0 Å². The molecular formula is C16H25N3O3. The largest absolute Gasteiger partial charge is 0.467 e. The van der Waals surface area contributed by atoms with Crippen LogP contribution in [0.15, 0.2) is 22.8 Å². The molecule has 2 amide bonds. The van der Waals surface area contributed by atoms with E-state index < -0.39 is 0 Å². The highest BCUT2D eigenvalue weighted by Gasteiger charge is 2.27. The summed E-state index contributed by atoms with van der Waals surface area (Å²) >= 11 is 0. The van der Waals surface area contributed by atoms with Gasteiger partial charge in [0.2, 0.25) is 11.8 Å². The minimum absolute atomic E-state index is 0.0127. The Morgan fingerprint density at radius 2 is 2.09 bits per heavy atom. The molecule has 0 aromatic carbocycles. The zero-order valence-corrected chi connectivity index (χ0v) is 13.5. The van der Waals surface area contributed by atoms with Crippen LogP contribution in [0.5, 0.6) is 0 Å². The maximum absolute atomic E-state index is 12.1. The van der Waals surface area contributed by atoms with Crippen molar-refractivity contribution >= 4 is 11.8 Å². The molecule has 1 aliphatic rings. The Morgan fingerprint density at radius 3 is 2.64 bits per heavy atom. The molecule has 1 unspecified atom stereocenters. The van der Waals surface area contributed by atoms with Crippen LogP contribution < -0.4 is 5.32 Å². The Hall–Kier alpha value is -1.82. The highest BCUT2D eigenvalue weighted by molar-refractivity contribution is 5.79. The first kappa shape index (κ1) is 16.5. The van der Waals surface area contributed by atoms with Crippen molar-refractivity contribution in [3.05, 3.63) is 24.2 Å². The van der Waals surface area contributed by atoms with Crippen molar-refractivity contribution in [1.29, 1.82) is 0 Å². The fourth-order valence-corrected chi connectivity index (χ4v) is 2.80. The topological polar surface area (TPSA) is 65.8 Å². The van der Waals surface area contributed by atoms with Gasteiger partial charge in [-0.25, -0.2) is 0 Å². The molecule has 0 spiro atoms. The first-order valence-corrected chi connectivity index (χ1v) is 7.73. The number of hydrogen-bond donors (Lipinski definition) is 1. The second-order valence-corrected chi connectivity index (χ2v) is 6.09. The van der Waals surface area contributed by atoms with E-state index in [9.17, 15) is 9.59 Å². The van der Waals surface area contributed by atoms with Gasteiger partial charge in [0.05, 0.1) is 18.8 Å². The molecule has 1 atom stereocenters. The summed E-state index contributed by atoms with van der Waals surface area (Å²) in [6.07, 6.45) is 3.24. The quantitative estimate of drug-likeness (QED) is 0.889. The molecule has 1 N–H and O–H groups in total. The van der Waals surface area contributed by atoms with E-state index in [0.29, 0.717) is 6.54 Å². The summed E-state index contributed by atoms with van der Waals surface area (Å²) in [5, 5.41) is 2.93. The summed E-state index contributed by atoms with van der Waals surface area (Å²) in [5.41, 5.74) is 0. The highest BCUT2D eigenvalue weighted by atomic mass is 16.3. The van der Waals surface area contributed by atoms with Gasteiger partial charge in [-0.3, -0.25) is 14.5 Å². The number of furan rings is 1. The van der Waals surface area contributed by atoms with Crippen LogP contribution in [-0.2, 0) is 9.59 Å². The van der Waals surface area contributed by atoms with Gasteiger partial charge in [0.15, 0.2) is 0 Å². The van der Waals surface area contributed by atoms with Crippen LogP contribution in [0.1, 0.15) is 31.6 Å². The van der Waals surface area contributed by atoms with E-state index in [1.54, 1.807) is 25.3 Å². The second kappa shape index (κ2) is 7.45. The third-order valence-corrected chi connectivity index (χ3v) is 4.09. The number of carbonyl (C=O) groups excluding carboxylic acids is 2. The summed E-state index contributed by atoms with van der Waals surface area (Å²) in [4.78, 5) is 27.7. The maximum atomic E-state index is 12.1. The van der Waals surface area contributed by atoms with E-state index in [4.69, 9.17) is 4.42 Å². The van der Waals surface area contributed by atoms with E-state index >= 15 is 0 Å². The summed E-state index contributed by atoms with van der Waals surface area (Å²) < 4.78 is 5.28. The lowest BCUT2D eigenvalue weighted by Gasteiger charge is -2.32. The van der Waals surface area contributed by atoms with Gasteiger partial charge in [-0.15, -0.1) is 0 Å². The molecule has 22 heavy (non-hydrogen) atoms. The van der Waals surface area contributed by atoms with Gasteiger partial charge < -0.3 is 14.6 Å². The predicted molar refractivity (Wildman–Crippen MR) is 83.1 cm³/mol. The van der Waals surface area contributed by atoms with E-state index in [1.165, 1.54) is 0 Å². The van der Waals surface area contributed by atoms with Crippen molar-refractivity contribution in [2.75, 3.05) is 33.7 Å². The fourth-order valence-electron chi connectivity index (χ4n) is 2.80. The lowest BCUT2D eigenvalue weighted by molar-refractivity contribution is -0.134. The Labute approximate surface area is 131 Å². The minimum Gasteiger partial charge on any atom is -0.467 e. The minimum atomic E-state index is -0.129. The van der Waals surface area contributed by atoms with Crippen molar-refractivity contribution in [2.45, 2.75) is 25.8 Å². The summed E-state index contributed by atoms with van der Waals surface area (Å²) in [6, 6.07) is 3.53. The molecule has 122 valence electrons. The molecular weight excluding hydrogens is 282 g/mol. The average Bonchev–Trinajstić information content (AvgIpc) is 3.01. The van der Waals surface area contributed by atoms with Crippen LogP contribution in [-0.4, -0.2) is 55.3 Å². The zero-order chi connectivity index (χ0) is 16.1. The lowest BCUT2D eigenvalue weighted by atomic mass is 9.95. The van der Waals surface area contributed by atoms with Crippen molar-refractivity contribution < 1.29 is 14.0 Å². The van der Waals surface area contributed by atoms with Crippen LogP contribution in [0.4, 0.5) is 0 Å². The van der Waals surface area contributed by atoms with Crippen LogP contribution >= 0.6 is 0 Å². The van der Waals surface area contributed by atoms with Crippen molar-refractivity contribution in [3.63, 3.8) is 0 Å². The summed E-state index contributed by atoms with van der Waals surface area (Å²) in [7, 11) is 3.58. The van der Waals surface area contributed by atoms with E-state index in [2.05, 4.69) is 10.2 Å². The fraction of sp³-hybridized carbons (Fsp3) is 0.625. The van der Waals surface area contributed by atoms with Crippen molar-refractivity contribution in [3.8, 4) is 0 Å². The first-order valence-electron chi connectivity index (χ1n) is 7.73. The normalized spacial score (nSPS) is 18.0. The Morgan fingerprint density at radius 1 is 1.41 bits per heavy atom. The molecule has 6 heteroatoms. The second-order valence-electron chi connectivity index (χ2n) is 6.09. The molecule has 2 heterocycles. The van der Waals surface area contributed by atoms with Crippen LogP contribution in [0.25, 0.3) is 0 Å². The standard InChI is InChI=1S/C16H25N3O3/c1-12(14-5-4-10-22-14)17-15(20)11-19-8-6-13(7-9-19)16(21)18(2)3/h4-5,10,12-13H,6-9,11H2,1-3H3,(H,17,20). The van der Waals surface area contributed by atoms with Gasteiger partial charge in [0, 0.05) is 20.0 Å². The number of nitrogens with one attached hydrogen (secondary N) is 1. The molecule has 0 saturated carbocycles. The van der Waals surface area contributed by atoms with Gasteiger partial charge in [-0.1, -0.05) is 0 Å². The average molecular weight is 307 g/mol. The van der Waals surface area contributed by atoms with Gasteiger partial charge >= 0.3 is 0 Å². The summed E-state index contributed by atoms with van der Waals surface area (Å²) in [5.74, 6) is 1.02. The Kier molecular flexibility index (Phi) is 5.60. The van der Waals surface area contributed by atoms with Gasteiger partial charge in [-0.2, -0.15) is 0 Å². The third-order valence-electron chi connectivity index (χ3n) is 4.09. The van der Waals surface area contributed by atoms with Crippen LogP contribution in [0, 0.1) is 5.92 Å². The molecule has 6 nitrogen and oxygen atoms in total. The molecule has 1 fully saturated rings. The monoisotopic (exact) mass is 307 g/mol. The number of amides is 2. The third kappa shape index (κ3) is 4.34. The smallest absolute Gasteiger partial charge is 0.234 e. The van der Waals surface area contributed by atoms with Gasteiger partial charge in [0.1, 0.15) is 5.76 Å². The number of piperidine rings is 1. The van der Waals surface area contributed by atoms with Crippen LogP contribution in [0.3, 0.4) is 0 Å². The lowest BCUT2D eigenvalue weighted by Crippen LogP contribution is -2.44. The molecule has 0 aliphatic carbocycles. The Balaban J connectivity index is 1.74. The Bertz CT molecular complexity index is 491. The van der Waals surface area contributed by atoms with Gasteiger partial charge in [0.25, 0.3) is 0 Å². The first-order chi connectivity index (χ1) is 10.5. The maximum Gasteiger partial charge on any atom is 0.234 e. The predicted octanol–water partition coefficient (Wildman–Crippen LogP) is 1.26. The van der Waals surface area contributed by atoms with Crippen molar-refractivity contribution in [1.82, 2.24) is 15.1 Å². The number of nitrogens with zero attached hydrogens (tertiary/aromatic N) is 2. The number of rotatable bonds is 5. The summed E-state index contributed by atoms with van der Waals surface area (Å²) in [6.45, 7) is 3.84. The van der Waals surface area contributed by atoms with E-state index in [1.807, 2.05) is 19.1 Å². The molecule has 2 rings (SSSR count). The molecule has 1 aliphatic heterocycles. The van der Waals surface area contributed by atoms with E-state index in [0.717, 1.165) is 31.7 Å². The molecule has 0 bridgehead atoms. The highest BCUT2D eigenvalue weighted by Crippen LogP contribution is 2.19. The van der Waals surface area contributed by atoms with Crippen molar-refractivity contribution in [2.24, 2.45) is 5.92 Å². The molecule has 1 saturated heterocycles. The molecule has 1 aromatic heterocycles.